The molecule has 1 aromatic carbocycles. The van der Waals surface area contributed by atoms with Crippen LogP contribution in [-0.4, -0.2) is 11.0 Å². The van der Waals surface area contributed by atoms with Crippen LogP contribution in [0.25, 0.3) is 0 Å². The predicted octanol–water partition coefficient (Wildman–Crippen LogP) is 4.41. The molecule has 2 rings (SSSR count). The van der Waals surface area contributed by atoms with Crippen LogP contribution in [0.3, 0.4) is 0 Å². The molecule has 98 valence electrons. The zero-order chi connectivity index (χ0) is 13.3. The van der Waals surface area contributed by atoms with Crippen LogP contribution in [0.4, 0.5) is 13.2 Å². The van der Waals surface area contributed by atoms with Crippen molar-refractivity contribution in [3.63, 3.8) is 0 Å². The average Bonchev–Trinajstić information content (AvgIpc) is 2.66. The second kappa shape index (κ2) is 4.97. The van der Waals surface area contributed by atoms with Gasteiger partial charge in [0.05, 0.1) is 5.02 Å². The fourth-order valence-corrected chi connectivity index (χ4v) is 2.06. The van der Waals surface area contributed by atoms with Crippen molar-refractivity contribution in [3.05, 3.63) is 28.8 Å². The molecule has 0 bridgehead atoms. The lowest BCUT2D eigenvalue weighted by atomic mass is 10.1. The third kappa shape index (κ3) is 3.29. The maximum absolute atomic E-state index is 12.0. The smallest absolute Gasteiger partial charge is 0.404 e. The highest BCUT2D eigenvalue weighted by atomic mass is 79.9. The first-order valence-corrected chi connectivity index (χ1v) is 5.95. The largest absolute Gasteiger partial charge is 0.573 e. The van der Waals surface area contributed by atoms with Gasteiger partial charge in [0.2, 0.25) is 0 Å². The molecule has 18 heavy (non-hydrogen) atoms. The van der Waals surface area contributed by atoms with E-state index in [4.69, 9.17) is 16.4 Å². The fraction of sp³-hybridized carbons (Fsp3) is 0.300. The zero-order valence-corrected chi connectivity index (χ0v) is 11.0. The molecule has 1 aliphatic rings. The first-order chi connectivity index (χ1) is 8.35. The highest BCUT2D eigenvalue weighted by Gasteiger charge is 2.32. The summed E-state index contributed by atoms with van der Waals surface area (Å²) in [6.07, 6.45) is -4.60. The zero-order valence-electron chi connectivity index (χ0n) is 8.67. The number of oxime groups is 1. The van der Waals surface area contributed by atoms with Crippen LogP contribution in [0.1, 0.15) is 18.1 Å². The Morgan fingerprint density at radius 3 is 2.67 bits per heavy atom. The fourth-order valence-electron chi connectivity index (χ4n) is 1.45. The van der Waals surface area contributed by atoms with Crippen LogP contribution in [0.2, 0.25) is 5.02 Å². The topological polar surface area (TPSA) is 30.8 Å². The van der Waals surface area contributed by atoms with Crippen LogP contribution in [0.5, 0.6) is 5.75 Å². The normalized spacial score (nSPS) is 19.4. The predicted molar refractivity (Wildman–Crippen MR) is 62.9 cm³/mol. The van der Waals surface area contributed by atoms with Gasteiger partial charge in [-0.2, -0.15) is 0 Å². The molecule has 3 nitrogen and oxygen atoms in total. The third-order valence-corrected chi connectivity index (χ3v) is 2.95. The van der Waals surface area contributed by atoms with Gasteiger partial charge in [-0.1, -0.05) is 22.8 Å². The number of rotatable bonds is 2. The number of alkyl halides is 3. The maximum Gasteiger partial charge on any atom is 0.573 e. The Morgan fingerprint density at radius 2 is 2.17 bits per heavy atom. The molecule has 0 unspecified atom stereocenters. The van der Waals surface area contributed by atoms with Crippen molar-refractivity contribution in [2.24, 2.45) is 5.16 Å². The van der Waals surface area contributed by atoms with Gasteiger partial charge in [-0.15, -0.1) is 13.2 Å². The lowest BCUT2D eigenvalue weighted by molar-refractivity contribution is -0.274. The van der Waals surface area contributed by atoms with Gasteiger partial charge < -0.3 is 9.57 Å². The van der Waals surface area contributed by atoms with Gasteiger partial charge in [-0.3, -0.25) is 0 Å². The van der Waals surface area contributed by atoms with Crippen molar-refractivity contribution in [1.29, 1.82) is 0 Å². The molecule has 0 N–H and O–H groups in total. The van der Waals surface area contributed by atoms with E-state index in [1.807, 2.05) is 0 Å². The van der Waals surface area contributed by atoms with Crippen molar-refractivity contribution in [2.75, 3.05) is 0 Å². The second-order valence-corrected chi connectivity index (χ2v) is 4.83. The lowest BCUT2D eigenvalue weighted by Gasteiger charge is -2.13. The molecule has 1 aliphatic heterocycles. The van der Waals surface area contributed by atoms with Gasteiger partial charge in [-0.05, 0) is 33.6 Å². The van der Waals surface area contributed by atoms with Crippen LogP contribution in [0, 0.1) is 0 Å². The minimum Gasteiger partial charge on any atom is -0.404 e. The van der Waals surface area contributed by atoms with E-state index in [2.05, 4.69) is 25.8 Å². The number of hydrogen-bond acceptors (Lipinski definition) is 3. The molecule has 1 aromatic rings. The Hall–Kier alpha value is -0.950. The van der Waals surface area contributed by atoms with E-state index >= 15 is 0 Å². The van der Waals surface area contributed by atoms with Crippen molar-refractivity contribution >= 4 is 32.2 Å². The van der Waals surface area contributed by atoms with E-state index in [1.54, 1.807) is 0 Å². The molecule has 0 aromatic heterocycles. The highest BCUT2D eigenvalue weighted by molar-refractivity contribution is 9.18. The van der Waals surface area contributed by atoms with Gasteiger partial charge in [-0.25, -0.2) is 0 Å². The second-order valence-electron chi connectivity index (χ2n) is 3.50. The number of ether oxygens (including phenoxy) is 1. The van der Waals surface area contributed by atoms with E-state index in [0.717, 1.165) is 6.07 Å². The number of hydrogen-bond donors (Lipinski definition) is 0. The molecule has 0 aliphatic carbocycles. The summed E-state index contributed by atoms with van der Waals surface area (Å²) in [5.74, 6) is -0.439. The van der Waals surface area contributed by atoms with Crippen molar-refractivity contribution in [1.82, 2.24) is 0 Å². The summed E-state index contributed by atoms with van der Waals surface area (Å²) in [5, 5.41) is 3.56. The summed E-state index contributed by atoms with van der Waals surface area (Å²) in [6, 6.07) is 3.98. The number of halogens is 5. The summed E-state index contributed by atoms with van der Waals surface area (Å²) < 4.78 is 40.5. The first-order valence-electron chi connectivity index (χ1n) is 4.78. The number of nitrogens with zero attached hydrogens (tertiary/aromatic N) is 1. The van der Waals surface area contributed by atoms with E-state index in [-0.39, 0.29) is 11.1 Å². The highest BCUT2D eigenvalue weighted by Crippen LogP contribution is 2.35. The molecular formula is C10H6BrClF3NO2. The molecule has 8 heteroatoms. The SMILES string of the molecule is FC(F)(F)Oc1ccc([C@H]2CC(Br)=NO2)cc1Cl. The molecular weight excluding hydrogens is 338 g/mol. The van der Waals surface area contributed by atoms with E-state index in [1.165, 1.54) is 12.1 Å². The van der Waals surface area contributed by atoms with Crippen LogP contribution in [0.15, 0.2) is 23.4 Å². The molecule has 0 saturated carbocycles. The standard InChI is InChI=1S/C10H6BrClF3NO2/c11-9-4-8(18-16-9)5-1-2-7(6(12)3-5)17-10(13,14)15/h1-3,8H,4H2/t8-/m1/s1. The Labute approximate surface area is 114 Å². The Kier molecular flexibility index (Phi) is 3.72. The monoisotopic (exact) mass is 343 g/mol. The van der Waals surface area contributed by atoms with Gasteiger partial charge >= 0.3 is 6.36 Å². The molecule has 1 atom stereocenters. The van der Waals surface area contributed by atoms with E-state index in [9.17, 15) is 13.2 Å². The number of benzene rings is 1. The molecule has 0 radical (unpaired) electrons. The van der Waals surface area contributed by atoms with Gasteiger partial charge in [0.15, 0.2) is 6.10 Å². The summed E-state index contributed by atoms with van der Waals surface area (Å²) >= 11 is 8.89. The summed E-state index contributed by atoms with van der Waals surface area (Å²) in [5.41, 5.74) is 0.632. The Morgan fingerprint density at radius 1 is 1.44 bits per heavy atom. The molecule has 1 heterocycles. The maximum atomic E-state index is 12.0. The quantitative estimate of drug-likeness (QED) is 0.796. The molecule has 0 saturated heterocycles. The summed E-state index contributed by atoms with van der Waals surface area (Å²) in [4.78, 5) is 5.07. The van der Waals surface area contributed by atoms with Crippen LogP contribution < -0.4 is 4.74 Å². The minimum absolute atomic E-state index is 0.128. The van der Waals surface area contributed by atoms with Crippen LogP contribution >= 0.6 is 27.5 Å². The van der Waals surface area contributed by atoms with E-state index in [0.29, 0.717) is 16.6 Å². The molecule has 0 fully saturated rings. The van der Waals surface area contributed by atoms with E-state index < -0.39 is 12.1 Å². The third-order valence-electron chi connectivity index (χ3n) is 2.19. The Balaban J connectivity index is 2.15. The van der Waals surface area contributed by atoms with Crippen molar-refractivity contribution < 1.29 is 22.7 Å². The van der Waals surface area contributed by atoms with Gasteiger partial charge in [0, 0.05) is 6.42 Å². The van der Waals surface area contributed by atoms with Gasteiger partial charge in [0.1, 0.15) is 10.4 Å². The molecule has 0 spiro atoms. The van der Waals surface area contributed by atoms with Crippen molar-refractivity contribution in [2.45, 2.75) is 18.9 Å². The summed E-state index contributed by atoms with van der Waals surface area (Å²) in [7, 11) is 0. The minimum atomic E-state index is -4.76. The van der Waals surface area contributed by atoms with Crippen molar-refractivity contribution in [3.8, 4) is 5.75 Å². The first kappa shape index (κ1) is 13.5. The summed E-state index contributed by atoms with van der Waals surface area (Å²) in [6.45, 7) is 0. The Bertz CT molecular complexity index is 493. The average molecular weight is 345 g/mol. The van der Waals surface area contributed by atoms with Gasteiger partial charge in [0.25, 0.3) is 0 Å². The lowest BCUT2D eigenvalue weighted by Crippen LogP contribution is -2.17. The van der Waals surface area contributed by atoms with Crippen LogP contribution in [-0.2, 0) is 4.84 Å². The molecule has 0 amide bonds.